The Morgan fingerprint density at radius 3 is 2.68 bits per heavy atom. The number of aryl methyl sites for hydroxylation is 2. The first-order valence-corrected chi connectivity index (χ1v) is 12.8. The molecule has 34 heavy (non-hydrogen) atoms. The Kier molecular flexibility index (Phi) is 6.38. The van der Waals surface area contributed by atoms with Crippen LogP contribution in [0.3, 0.4) is 0 Å². The second-order valence-electron chi connectivity index (χ2n) is 8.26. The summed E-state index contributed by atoms with van der Waals surface area (Å²) in [7, 11) is 0. The standard InChI is InChI=1S/C25H24N4O3S2/c1-15-16(2)33-23-21(15)24(27-14-26-23)34-20-8-4-3-6-18(20)22(30)28-17-9-11-29(12-10-17)25(31)19-7-5-13-32-19/h3-8,13-14,17H,9-12H2,1-2H3,(H,28,30). The van der Waals surface area contributed by atoms with Crippen LogP contribution in [-0.2, 0) is 0 Å². The van der Waals surface area contributed by atoms with Crippen molar-refractivity contribution in [3.05, 3.63) is 70.8 Å². The number of thiophene rings is 1. The van der Waals surface area contributed by atoms with Gasteiger partial charge in [0.15, 0.2) is 5.76 Å². The van der Waals surface area contributed by atoms with Crippen LogP contribution >= 0.6 is 23.1 Å². The van der Waals surface area contributed by atoms with Gasteiger partial charge in [0.2, 0.25) is 0 Å². The molecule has 174 valence electrons. The molecule has 1 aromatic carbocycles. The molecule has 0 bridgehead atoms. The second kappa shape index (κ2) is 9.60. The van der Waals surface area contributed by atoms with Gasteiger partial charge in [-0.25, -0.2) is 9.97 Å². The number of hydrogen-bond donors (Lipinski definition) is 1. The molecular formula is C25H24N4O3S2. The number of rotatable bonds is 5. The van der Waals surface area contributed by atoms with Gasteiger partial charge in [-0.05, 0) is 56.5 Å². The van der Waals surface area contributed by atoms with Crippen LogP contribution in [0.1, 0.15) is 44.2 Å². The molecule has 0 atom stereocenters. The Morgan fingerprint density at radius 2 is 1.91 bits per heavy atom. The molecule has 1 N–H and O–H groups in total. The SMILES string of the molecule is Cc1sc2ncnc(Sc3ccccc3C(=O)NC3CCN(C(=O)c4ccco4)CC3)c2c1C. The Balaban J connectivity index is 1.28. The van der Waals surface area contributed by atoms with Crippen molar-refractivity contribution >= 4 is 45.1 Å². The monoisotopic (exact) mass is 492 g/mol. The van der Waals surface area contributed by atoms with Crippen LogP contribution in [0.5, 0.6) is 0 Å². The highest BCUT2D eigenvalue weighted by Gasteiger charge is 2.26. The molecule has 0 unspecified atom stereocenters. The maximum atomic E-state index is 13.2. The zero-order valence-corrected chi connectivity index (χ0v) is 20.5. The molecule has 1 aliphatic rings. The van der Waals surface area contributed by atoms with Crippen molar-refractivity contribution in [2.45, 2.75) is 42.7 Å². The molecule has 7 nitrogen and oxygen atoms in total. The van der Waals surface area contributed by atoms with Gasteiger partial charge < -0.3 is 14.6 Å². The van der Waals surface area contributed by atoms with Crippen molar-refractivity contribution in [2.24, 2.45) is 0 Å². The first-order chi connectivity index (χ1) is 16.5. The molecular weight excluding hydrogens is 468 g/mol. The van der Waals surface area contributed by atoms with Gasteiger partial charge in [0.25, 0.3) is 11.8 Å². The average molecular weight is 493 g/mol. The van der Waals surface area contributed by atoms with Crippen molar-refractivity contribution in [1.29, 1.82) is 0 Å². The van der Waals surface area contributed by atoms with Crippen molar-refractivity contribution in [2.75, 3.05) is 13.1 Å². The summed E-state index contributed by atoms with van der Waals surface area (Å²) < 4.78 is 5.22. The van der Waals surface area contributed by atoms with Gasteiger partial charge >= 0.3 is 0 Å². The van der Waals surface area contributed by atoms with Gasteiger partial charge in [0, 0.05) is 34.3 Å². The van der Waals surface area contributed by atoms with Gasteiger partial charge in [-0.1, -0.05) is 23.9 Å². The zero-order chi connectivity index (χ0) is 23.7. The highest BCUT2D eigenvalue weighted by Crippen LogP contribution is 2.38. The number of benzene rings is 1. The van der Waals surface area contributed by atoms with Gasteiger partial charge in [0.1, 0.15) is 16.2 Å². The summed E-state index contributed by atoms with van der Waals surface area (Å²) in [5.74, 6) is 0.136. The smallest absolute Gasteiger partial charge is 0.289 e. The summed E-state index contributed by atoms with van der Waals surface area (Å²) in [6.07, 6.45) is 4.49. The number of nitrogens with zero attached hydrogens (tertiary/aromatic N) is 3. The number of likely N-dealkylation sites (tertiary alicyclic amines) is 1. The predicted octanol–water partition coefficient (Wildman–Crippen LogP) is 5.09. The molecule has 5 rings (SSSR count). The lowest BCUT2D eigenvalue weighted by Gasteiger charge is -2.32. The van der Waals surface area contributed by atoms with E-state index in [1.54, 1.807) is 34.7 Å². The van der Waals surface area contributed by atoms with Crippen LogP contribution in [0, 0.1) is 13.8 Å². The van der Waals surface area contributed by atoms with Crippen molar-refractivity contribution in [3.63, 3.8) is 0 Å². The fourth-order valence-electron chi connectivity index (χ4n) is 4.12. The molecule has 1 aliphatic heterocycles. The van der Waals surface area contributed by atoms with E-state index in [0.29, 0.717) is 37.3 Å². The Labute approximate surface area is 205 Å². The van der Waals surface area contributed by atoms with E-state index < -0.39 is 0 Å². The lowest BCUT2D eigenvalue weighted by Crippen LogP contribution is -2.46. The lowest BCUT2D eigenvalue weighted by molar-refractivity contribution is 0.0667. The minimum atomic E-state index is -0.109. The molecule has 0 aliphatic carbocycles. The van der Waals surface area contributed by atoms with Crippen molar-refractivity contribution < 1.29 is 14.0 Å². The molecule has 0 radical (unpaired) electrons. The van der Waals surface area contributed by atoms with Crippen molar-refractivity contribution in [1.82, 2.24) is 20.2 Å². The molecule has 2 amide bonds. The maximum Gasteiger partial charge on any atom is 0.289 e. The maximum absolute atomic E-state index is 13.2. The minimum Gasteiger partial charge on any atom is -0.459 e. The second-order valence-corrected chi connectivity index (χ2v) is 10.5. The molecule has 9 heteroatoms. The van der Waals surface area contributed by atoms with E-state index >= 15 is 0 Å². The van der Waals surface area contributed by atoms with E-state index in [0.717, 1.165) is 20.1 Å². The highest BCUT2D eigenvalue weighted by molar-refractivity contribution is 7.99. The summed E-state index contributed by atoms with van der Waals surface area (Å²) >= 11 is 3.16. The Hall–Kier alpha value is -3.17. The van der Waals surface area contributed by atoms with Crippen LogP contribution in [-0.4, -0.2) is 45.8 Å². The number of carbonyl (C=O) groups is 2. The minimum absolute atomic E-state index is 0.0127. The predicted molar refractivity (Wildman–Crippen MR) is 133 cm³/mol. The van der Waals surface area contributed by atoms with Crippen LogP contribution in [0.25, 0.3) is 10.2 Å². The third-order valence-electron chi connectivity index (χ3n) is 6.12. The number of fused-ring (bicyclic) bond motifs is 1. The average Bonchev–Trinajstić information content (AvgIpc) is 3.48. The molecule has 4 heterocycles. The van der Waals surface area contributed by atoms with Gasteiger partial charge in [-0.3, -0.25) is 9.59 Å². The quantitative estimate of drug-likeness (QED) is 0.391. The number of piperidine rings is 1. The van der Waals surface area contributed by atoms with E-state index in [2.05, 4.69) is 29.1 Å². The number of nitrogens with one attached hydrogen (secondary N) is 1. The summed E-state index contributed by atoms with van der Waals surface area (Å²) in [5, 5.41) is 5.08. The van der Waals surface area contributed by atoms with Crippen molar-refractivity contribution in [3.8, 4) is 0 Å². The van der Waals surface area contributed by atoms with E-state index in [1.165, 1.54) is 28.5 Å². The summed E-state index contributed by atoms with van der Waals surface area (Å²) in [6.45, 7) is 5.33. The van der Waals surface area contributed by atoms with Crippen LogP contribution < -0.4 is 5.32 Å². The fraction of sp³-hybridized carbons (Fsp3) is 0.280. The first-order valence-electron chi connectivity index (χ1n) is 11.1. The highest BCUT2D eigenvalue weighted by atomic mass is 32.2. The summed E-state index contributed by atoms with van der Waals surface area (Å²) in [6, 6.07) is 11.0. The largest absolute Gasteiger partial charge is 0.459 e. The Morgan fingerprint density at radius 1 is 1.12 bits per heavy atom. The van der Waals surface area contributed by atoms with E-state index in [-0.39, 0.29) is 17.9 Å². The number of aromatic nitrogens is 2. The molecule has 4 aromatic rings. The molecule has 1 saturated heterocycles. The fourth-order valence-corrected chi connectivity index (χ4v) is 6.26. The van der Waals surface area contributed by atoms with Gasteiger partial charge in [-0.2, -0.15) is 0 Å². The number of furan rings is 1. The van der Waals surface area contributed by atoms with Gasteiger partial charge in [0.05, 0.1) is 11.8 Å². The van der Waals surface area contributed by atoms with E-state index in [4.69, 9.17) is 4.42 Å². The third-order valence-corrected chi connectivity index (χ3v) is 8.31. The zero-order valence-electron chi connectivity index (χ0n) is 18.9. The molecule has 1 fully saturated rings. The molecule has 0 saturated carbocycles. The van der Waals surface area contributed by atoms with Gasteiger partial charge in [-0.15, -0.1) is 11.3 Å². The summed E-state index contributed by atoms with van der Waals surface area (Å²) in [5.41, 5.74) is 1.80. The van der Waals surface area contributed by atoms with E-state index in [1.807, 2.05) is 24.3 Å². The van der Waals surface area contributed by atoms with Crippen LogP contribution in [0.4, 0.5) is 0 Å². The van der Waals surface area contributed by atoms with Crippen LogP contribution in [0.2, 0.25) is 0 Å². The normalized spacial score (nSPS) is 14.5. The Bertz CT molecular complexity index is 1340. The topological polar surface area (TPSA) is 88.3 Å². The third kappa shape index (κ3) is 4.45. The lowest BCUT2D eigenvalue weighted by atomic mass is 10.0. The number of carbonyl (C=O) groups excluding carboxylic acids is 2. The molecule has 3 aromatic heterocycles. The first kappa shape index (κ1) is 22.6. The number of hydrogen-bond acceptors (Lipinski definition) is 7. The number of amides is 2. The van der Waals surface area contributed by atoms with E-state index in [9.17, 15) is 9.59 Å². The molecule has 0 spiro atoms. The van der Waals surface area contributed by atoms with Crippen LogP contribution in [0.15, 0.2) is 63.3 Å². The summed E-state index contributed by atoms with van der Waals surface area (Å²) in [4.78, 5) is 39.4.